The van der Waals surface area contributed by atoms with Gasteiger partial charge in [0.1, 0.15) is 11.3 Å². The van der Waals surface area contributed by atoms with Gasteiger partial charge in [-0.2, -0.15) is 0 Å². The van der Waals surface area contributed by atoms with Gasteiger partial charge in [-0.25, -0.2) is 14.2 Å². The summed E-state index contributed by atoms with van der Waals surface area (Å²) in [6.45, 7) is 7.18. The molecule has 0 aliphatic heterocycles. The number of carbonyl (C=O) groups is 2. The van der Waals surface area contributed by atoms with Gasteiger partial charge in [0.25, 0.3) is 0 Å². The molecule has 6 heteroatoms. The van der Waals surface area contributed by atoms with Crippen molar-refractivity contribution in [1.82, 2.24) is 4.57 Å². The maximum atomic E-state index is 12.5. The third-order valence-corrected chi connectivity index (χ3v) is 3.18. The normalized spacial score (nSPS) is 11.5. The minimum atomic E-state index is -0.682. The lowest BCUT2D eigenvalue weighted by atomic mass is 10.2. The van der Waals surface area contributed by atoms with Crippen LogP contribution in [0.5, 0.6) is 0 Å². The Morgan fingerprint density at radius 1 is 1.27 bits per heavy atom. The van der Waals surface area contributed by atoms with Crippen LogP contribution in [-0.4, -0.2) is 28.8 Å². The summed E-state index contributed by atoms with van der Waals surface area (Å²) in [7, 11) is 0. The van der Waals surface area contributed by atoms with Gasteiger partial charge in [0.2, 0.25) is 0 Å². The Bertz CT molecular complexity index is 728. The molecular formula is C16H18ClNO4. The van der Waals surface area contributed by atoms with Crippen LogP contribution in [0, 0.1) is 0 Å². The number of halogens is 1. The van der Waals surface area contributed by atoms with Gasteiger partial charge in [0.05, 0.1) is 12.1 Å². The average molecular weight is 324 g/mol. The molecule has 0 bridgehead atoms. The van der Waals surface area contributed by atoms with Gasteiger partial charge in [-0.3, -0.25) is 0 Å². The molecule has 1 heterocycles. The van der Waals surface area contributed by atoms with Crippen molar-refractivity contribution in [1.29, 1.82) is 0 Å². The fraction of sp³-hybridized carbons (Fsp3) is 0.375. The summed E-state index contributed by atoms with van der Waals surface area (Å²) in [6, 6.07) is 6.65. The highest BCUT2D eigenvalue weighted by Gasteiger charge is 2.26. The van der Waals surface area contributed by atoms with Crippen LogP contribution in [-0.2, 0) is 9.47 Å². The highest BCUT2D eigenvalue weighted by Crippen LogP contribution is 2.28. The lowest BCUT2D eigenvalue weighted by Gasteiger charge is -2.20. The summed E-state index contributed by atoms with van der Waals surface area (Å²) in [6.07, 6.45) is -0.646. The Hall–Kier alpha value is -2.01. The van der Waals surface area contributed by atoms with Crippen molar-refractivity contribution in [2.45, 2.75) is 33.3 Å². The van der Waals surface area contributed by atoms with Gasteiger partial charge in [-0.15, -0.1) is 0 Å². The van der Waals surface area contributed by atoms with Crippen LogP contribution in [0.2, 0.25) is 5.02 Å². The van der Waals surface area contributed by atoms with E-state index in [4.69, 9.17) is 21.1 Å². The number of fused-ring (bicyclic) bond motifs is 1. The highest BCUT2D eigenvalue weighted by molar-refractivity contribution is 6.35. The largest absolute Gasteiger partial charge is 0.461 e. The minimum absolute atomic E-state index is 0.0965. The average Bonchev–Trinajstić information content (AvgIpc) is 2.78. The predicted molar refractivity (Wildman–Crippen MR) is 84.5 cm³/mol. The Kier molecular flexibility index (Phi) is 4.47. The summed E-state index contributed by atoms with van der Waals surface area (Å²) in [5.41, 5.74) is -0.0814. The number of esters is 1. The van der Waals surface area contributed by atoms with Crippen LogP contribution < -0.4 is 0 Å². The molecule has 1 aromatic carbocycles. The molecule has 0 aliphatic rings. The third kappa shape index (κ3) is 3.25. The lowest BCUT2D eigenvalue weighted by Crippen LogP contribution is -2.29. The number of hydrogen-bond donors (Lipinski definition) is 0. The van der Waals surface area contributed by atoms with Crippen LogP contribution in [0.25, 0.3) is 10.9 Å². The summed E-state index contributed by atoms with van der Waals surface area (Å²) in [4.78, 5) is 24.6. The monoisotopic (exact) mass is 323 g/mol. The van der Waals surface area contributed by atoms with E-state index in [-0.39, 0.29) is 12.3 Å². The van der Waals surface area contributed by atoms with E-state index in [0.29, 0.717) is 15.9 Å². The molecule has 0 amide bonds. The molecule has 0 unspecified atom stereocenters. The van der Waals surface area contributed by atoms with Crippen molar-refractivity contribution in [3.05, 3.63) is 35.0 Å². The molecule has 0 spiro atoms. The molecule has 2 aromatic rings. The number of aromatic nitrogens is 1. The molecule has 1 aromatic heterocycles. The van der Waals surface area contributed by atoms with E-state index in [9.17, 15) is 9.59 Å². The maximum Gasteiger partial charge on any atom is 0.419 e. The summed E-state index contributed by atoms with van der Waals surface area (Å²) >= 11 is 6.14. The topological polar surface area (TPSA) is 57.5 Å². The molecule has 22 heavy (non-hydrogen) atoms. The summed E-state index contributed by atoms with van der Waals surface area (Å²) in [5, 5.41) is 1.04. The lowest BCUT2D eigenvalue weighted by molar-refractivity contribution is 0.0454. The molecule has 0 aliphatic carbocycles. The first-order valence-electron chi connectivity index (χ1n) is 6.95. The number of ether oxygens (including phenoxy) is 2. The number of hydrogen-bond acceptors (Lipinski definition) is 4. The fourth-order valence-corrected chi connectivity index (χ4v) is 2.28. The van der Waals surface area contributed by atoms with E-state index in [1.807, 2.05) is 0 Å². The fourth-order valence-electron chi connectivity index (χ4n) is 2.05. The highest BCUT2D eigenvalue weighted by atomic mass is 35.5. The second kappa shape index (κ2) is 6.01. The van der Waals surface area contributed by atoms with Crippen molar-refractivity contribution in [3.8, 4) is 0 Å². The number of benzene rings is 1. The van der Waals surface area contributed by atoms with E-state index >= 15 is 0 Å². The first-order valence-corrected chi connectivity index (χ1v) is 7.33. The molecule has 0 radical (unpaired) electrons. The first kappa shape index (κ1) is 16.4. The standard InChI is InChI=1S/C16H18ClNO4/c1-5-21-14(19)13-9-10-11(17)7-6-8-12(10)18(13)15(20)22-16(2,3)4/h6-9H,5H2,1-4H3. The second-order valence-corrected chi connectivity index (χ2v) is 6.15. The molecule has 5 nitrogen and oxygen atoms in total. The second-order valence-electron chi connectivity index (χ2n) is 5.74. The number of rotatable bonds is 2. The van der Waals surface area contributed by atoms with E-state index in [1.54, 1.807) is 52.0 Å². The van der Waals surface area contributed by atoms with Crippen LogP contribution >= 0.6 is 11.6 Å². The zero-order valence-electron chi connectivity index (χ0n) is 13.0. The Balaban J connectivity index is 2.63. The summed E-state index contributed by atoms with van der Waals surface area (Å²) < 4.78 is 11.6. The zero-order chi connectivity index (χ0) is 16.5. The van der Waals surface area contributed by atoms with Crippen molar-refractivity contribution < 1.29 is 19.1 Å². The maximum absolute atomic E-state index is 12.5. The minimum Gasteiger partial charge on any atom is -0.461 e. The molecule has 0 saturated carbocycles. The van der Waals surface area contributed by atoms with Crippen LogP contribution in [0.3, 0.4) is 0 Å². The van der Waals surface area contributed by atoms with Gasteiger partial charge in [0, 0.05) is 10.4 Å². The smallest absolute Gasteiger partial charge is 0.419 e. The number of carbonyl (C=O) groups excluding carboxylic acids is 2. The molecule has 118 valence electrons. The predicted octanol–water partition coefficient (Wildman–Crippen LogP) is 4.25. The zero-order valence-corrected chi connectivity index (χ0v) is 13.7. The van der Waals surface area contributed by atoms with Crippen LogP contribution in [0.4, 0.5) is 4.79 Å². The Labute approximate surface area is 133 Å². The summed E-state index contributed by atoms with van der Waals surface area (Å²) in [5.74, 6) is -0.597. The van der Waals surface area contributed by atoms with Gasteiger partial charge in [-0.05, 0) is 45.9 Å². The molecule has 2 rings (SSSR count). The molecule has 0 saturated heterocycles. The van der Waals surface area contributed by atoms with E-state index in [1.165, 1.54) is 4.57 Å². The molecule has 0 atom stereocenters. The van der Waals surface area contributed by atoms with Crippen molar-refractivity contribution >= 4 is 34.6 Å². The van der Waals surface area contributed by atoms with Crippen molar-refractivity contribution in [2.75, 3.05) is 6.61 Å². The van der Waals surface area contributed by atoms with Gasteiger partial charge < -0.3 is 9.47 Å². The van der Waals surface area contributed by atoms with Gasteiger partial charge in [0.15, 0.2) is 0 Å². The molecule has 0 fully saturated rings. The van der Waals surface area contributed by atoms with E-state index < -0.39 is 17.7 Å². The van der Waals surface area contributed by atoms with Crippen LogP contribution in [0.15, 0.2) is 24.3 Å². The van der Waals surface area contributed by atoms with Crippen molar-refractivity contribution in [3.63, 3.8) is 0 Å². The van der Waals surface area contributed by atoms with Crippen molar-refractivity contribution in [2.24, 2.45) is 0 Å². The number of nitrogens with zero attached hydrogens (tertiary/aromatic N) is 1. The SMILES string of the molecule is CCOC(=O)c1cc2c(Cl)cccc2n1C(=O)OC(C)(C)C. The quantitative estimate of drug-likeness (QED) is 0.775. The van der Waals surface area contributed by atoms with Crippen LogP contribution in [0.1, 0.15) is 38.2 Å². The van der Waals surface area contributed by atoms with E-state index in [0.717, 1.165) is 0 Å². The molecule has 0 N–H and O–H groups in total. The Morgan fingerprint density at radius 3 is 2.55 bits per heavy atom. The molecular weight excluding hydrogens is 306 g/mol. The first-order chi connectivity index (χ1) is 10.2. The van der Waals surface area contributed by atoms with Gasteiger partial charge in [-0.1, -0.05) is 17.7 Å². The van der Waals surface area contributed by atoms with Gasteiger partial charge >= 0.3 is 12.1 Å². The third-order valence-electron chi connectivity index (χ3n) is 2.85. The van der Waals surface area contributed by atoms with E-state index in [2.05, 4.69) is 0 Å². The Morgan fingerprint density at radius 2 is 1.95 bits per heavy atom.